The van der Waals surface area contributed by atoms with Gasteiger partial charge in [0.15, 0.2) is 0 Å². The Bertz CT molecular complexity index is 431. The normalized spacial score (nSPS) is 13.0. The molecule has 2 N–H and O–H groups in total. The second kappa shape index (κ2) is 4.16. The number of hydrogen-bond donors (Lipinski definition) is 1. The van der Waals surface area contributed by atoms with Crippen LogP contribution in [-0.2, 0) is 7.05 Å². The van der Waals surface area contributed by atoms with Crippen LogP contribution in [0.25, 0.3) is 0 Å². The number of nitrogens with two attached hydrogens (primary N) is 1. The van der Waals surface area contributed by atoms with Crippen LogP contribution in [-0.4, -0.2) is 16.3 Å². The molecule has 80 valence electrons. The quantitative estimate of drug-likeness (QED) is 0.860. The van der Waals surface area contributed by atoms with E-state index in [1.807, 2.05) is 18.7 Å². The van der Waals surface area contributed by atoms with Crippen LogP contribution in [0, 0.1) is 6.92 Å². The maximum absolute atomic E-state index is 5.84. The highest BCUT2D eigenvalue weighted by Crippen LogP contribution is 2.27. The van der Waals surface area contributed by atoms with E-state index in [2.05, 4.69) is 28.7 Å². The molecule has 0 aliphatic carbocycles. The predicted molar refractivity (Wildman–Crippen MR) is 63.2 cm³/mol. The minimum absolute atomic E-state index is 0.274. The Morgan fingerprint density at radius 1 is 1.60 bits per heavy atom. The molecule has 4 heteroatoms. The number of hydrogen-bond acceptors (Lipinski definition) is 3. The van der Waals surface area contributed by atoms with Gasteiger partial charge in [-0.1, -0.05) is 6.07 Å². The van der Waals surface area contributed by atoms with Gasteiger partial charge in [-0.25, -0.2) is 0 Å². The zero-order valence-corrected chi connectivity index (χ0v) is 9.79. The lowest BCUT2D eigenvalue weighted by molar-refractivity contribution is 0.665. The Morgan fingerprint density at radius 2 is 2.40 bits per heavy atom. The summed E-state index contributed by atoms with van der Waals surface area (Å²) in [7, 11) is 1.97. The standard InChI is InChI=1S/C11H15N3S/c1-8-6-10(14(2)13-8)9(7-12)11-4-3-5-15-11/h3-6,9H,7,12H2,1-2H3. The SMILES string of the molecule is Cc1cc(C(CN)c2cccs2)n(C)n1. The maximum Gasteiger partial charge on any atom is 0.0596 e. The van der Waals surface area contributed by atoms with Crippen molar-refractivity contribution in [3.8, 4) is 0 Å². The number of aryl methyl sites for hydroxylation is 2. The molecule has 15 heavy (non-hydrogen) atoms. The molecule has 0 fully saturated rings. The van der Waals surface area contributed by atoms with Crippen molar-refractivity contribution in [2.75, 3.05) is 6.54 Å². The van der Waals surface area contributed by atoms with Crippen LogP contribution in [0.5, 0.6) is 0 Å². The molecular weight excluding hydrogens is 206 g/mol. The number of nitrogens with zero attached hydrogens (tertiary/aromatic N) is 2. The van der Waals surface area contributed by atoms with Crippen molar-refractivity contribution in [2.24, 2.45) is 12.8 Å². The molecule has 3 nitrogen and oxygen atoms in total. The molecular formula is C11H15N3S. The summed E-state index contributed by atoms with van der Waals surface area (Å²) in [5.41, 5.74) is 8.08. The summed E-state index contributed by atoms with van der Waals surface area (Å²) in [4.78, 5) is 1.31. The lowest BCUT2D eigenvalue weighted by atomic mass is 10.0. The summed E-state index contributed by atoms with van der Waals surface area (Å²) >= 11 is 1.75. The monoisotopic (exact) mass is 221 g/mol. The van der Waals surface area contributed by atoms with Gasteiger partial charge in [-0.3, -0.25) is 4.68 Å². The molecule has 2 rings (SSSR count). The summed E-state index contributed by atoms with van der Waals surface area (Å²) in [6.07, 6.45) is 0. The van der Waals surface area contributed by atoms with Crippen molar-refractivity contribution in [3.05, 3.63) is 39.8 Å². The molecule has 0 saturated heterocycles. The van der Waals surface area contributed by atoms with Gasteiger partial charge in [0.25, 0.3) is 0 Å². The van der Waals surface area contributed by atoms with Gasteiger partial charge in [0, 0.05) is 30.1 Å². The summed E-state index contributed by atoms with van der Waals surface area (Å²) < 4.78 is 1.92. The number of rotatable bonds is 3. The van der Waals surface area contributed by atoms with E-state index in [1.165, 1.54) is 10.6 Å². The number of thiophene rings is 1. The van der Waals surface area contributed by atoms with E-state index in [1.54, 1.807) is 11.3 Å². The molecule has 0 saturated carbocycles. The number of aromatic nitrogens is 2. The molecule has 2 aromatic rings. The van der Waals surface area contributed by atoms with Crippen molar-refractivity contribution in [1.82, 2.24) is 9.78 Å². The highest BCUT2D eigenvalue weighted by Gasteiger charge is 2.17. The molecule has 0 aliphatic heterocycles. The van der Waals surface area contributed by atoms with Gasteiger partial charge in [0.05, 0.1) is 5.69 Å². The Kier molecular flexibility index (Phi) is 2.88. The van der Waals surface area contributed by atoms with Gasteiger partial charge in [-0.05, 0) is 24.4 Å². The van der Waals surface area contributed by atoms with Crippen molar-refractivity contribution in [2.45, 2.75) is 12.8 Å². The van der Waals surface area contributed by atoms with Gasteiger partial charge in [-0.15, -0.1) is 11.3 Å². The van der Waals surface area contributed by atoms with Gasteiger partial charge >= 0.3 is 0 Å². The van der Waals surface area contributed by atoms with Gasteiger partial charge < -0.3 is 5.73 Å². The van der Waals surface area contributed by atoms with E-state index in [-0.39, 0.29) is 5.92 Å². The highest BCUT2D eigenvalue weighted by molar-refractivity contribution is 7.10. The van der Waals surface area contributed by atoms with Crippen molar-refractivity contribution in [3.63, 3.8) is 0 Å². The molecule has 0 bridgehead atoms. The van der Waals surface area contributed by atoms with E-state index in [9.17, 15) is 0 Å². The van der Waals surface area contributed by atoms with Crippen LogP contribution in [0.3, 0.4) is 0 Å². The third kappa shape index (κ3) is 1.96. The lowest BCUT2D eigenvalue weighted by Crippen LogP contribution is -2.15. The van der Waals surface area contributed by atoms with E-state index in [0.29, 0.717) is 6.54 Å². The minimum atomic E-state index is 0.274. The summed E-state index contributed by atoms with van der Waals surface area (Å²) in [6.45, 7) is 2.63. The average molecular weight is 221 g/mol. The third-order valence-electron chi connectivity index (χ3n) is 2.52. The Balaban J connectivity index is 2.39. The first-order valence-electron chi connectivity index (χ1n) is 4.96. The lowest BCUT2D eigenvalue weighted by Gasteiger charge is -2.12. The van der Waals surface area contributed by atoms with Crippen LogP contribution >= 0.6 is 11.3 Å². The summed E-state index contributed by atoms with van der Waals surface area (Å²) in [6, 6.07) is 6.30. The zero-order chi connectivity index (χ0) is 10.8. The molecule has 1 unspecified atom stereocenters. The predicted octanol–water partition coefficient (Wildman–Crippen LogP) is 1.88. The van der Waals surface area contributed by atoms with Crippen LogP contribution < -0.4 is 5.73 Å². The Labute approximate surface area is 93.5 Å². The van der Waals surface area contributed by atoms with Crippen LogP contribution in [0.4, 0.5) is 0 Å². The van der Waals surface area contributed by atoms with E-state index in [0.717, 1.165) is 5.69 Å². The molecule has 0 radical (unpaired) electrons. The molecule has 0 aliphatic rings. The second-order valence-electron chi connectivity index (χ2n) is 3.64. The molecule has 0 spiro atoms. The fraction of sp³-hybridized carbons (Fsp3) is 0.364. The molecule has 1 atom stereocenters. The van der Waals surface area contributed by atoms with Gasteiger partial charge in [0.2, 0.25) is 0 Å². The fourth-order valence-corrected chi connectivity index (χ4v) is 2.68. The van der Waals surface area contributed by atoms with E-state index < -0.39 is 0 Å². The maximum atomic E-state index is 5.84. The molecule has 2 heterocycles. The third-order valence-corrected chi connectivity index (χ3v) is 3.50. The van der Waals surface area contributed by atoms with Gasteiger partial charge in [0.1, 0.15) is 0 Å². The smallest absolute Gasteiger partial charge is 0.0596 e. The van der Waals surface area contributed by atoms with Crippen LogP contribution in [0.15, 0.2) is 23.6 Å². The van der Waals surface area contributed by atoms with E-state index >= 15 is 0 Å². The Morgan fingerprint density at radius 3 is 2.87 bits per heavy atom. The van der Waals surface area contributed by atoms with Crippen molar-refractivity contribution < 1.29 is 0 Å². The van der Waals surface area contributed by atoms with Crippen molar-refractivity contribution in [1.29, 1.82) is 0 Å². The summed E-state index contributed by atoms with van der Waals surface area (Å²) in [5, 5.41) is 6.44. The van der Waals surface area contributed by atoms with Crippen LogP contribution in [0.2, 0.25) is 0 Å². The molecule has 0 aromatic carbocycles. The topological polar surface area (TPSA) is 43.8 Å². The van der Waals surface area contributed by atoms with E-state index in [4.69, 9.17) is 5.73 Å². The fourth-order valence-electron chi connectivity index (χ4n) is 1.83. The Hall–Kier alpha value is -1.13. The minimum Gasteiger partial charge on any atom is -0.329 e. The first-order chi connectivity index (χ1) is 7.22. The zero-order valence-electron chi connectivity index (χ0n) is 8.97. The second-order valence-corrected chi connectivity index (χ2v) is 4.62. The van der Waals surface area contributed by atoms with Gasteiger partial charge in [-0.2, -0.15) is 5.10 Å². The highest BCUT2D eigenvalue weighted by atomic mass is 32.1. The van der Waals surface area contributed by atoms with Crippen molar-refractivity contribution >= 4 is 11.3 Å². The summed E-state index contributed by atoms with van der Waals surface area (Å²) in [5.74, 6) is 0.274. The van der Waals surface area contributed by atoms with Crippen LogP contribution in [0.1, 0.15) is 22.2 Å². The molecule has 2 aromatic heterocycles. The largest absolute Gasteiger partial charge is 0.329 e. The first kappa shape index (κ1) is 10.4. The molecule has 0 amide bonds. The average Bonchev–Trinajstić information content (AvgIpc) is 2.79. The first-order valence-corrected chi connectivity index (χ1v) is 5.84.